The molecule has 18 heavy (non-hydrogen) atoms. The largest absolute Gasteiger partial charge is 0.391 e. The lowest BCUT2D eigenvalue weighted by molar-refractivity contribution is 0.0717. The Morgan fingerprint density at radius 1 is 1.28 bits per heavy atom. The number of nitrogens with one attached hydrogen (secondary N) is 1. The summed E-state index contributed by atoms with van der Waals surface area (Å²) in [4.78, 5) is 12.0. The van der Waals surface area contributed by atoms with Crippen molar-refractivity contribution in [3.05, 3.63) is 35.4 Å². The van der Waals surface area contributed by atoms with E-state index in [-0.39, 0.29) is 11.9 Å². The van der Waals surface area contributed by atoms with E-state index in [1.165, 1.54) is 0 Å². The third kappa shape index (κ3) is 2.88. The summed E-state index contributed by atoms with van der Waals surface area (Å²) in [6.45, 7) is 0. The Kier molecular flexibility index (Phi) is 3.96. The summed E-state index contributed by atoms with van der Waals surface area (Å²) < 4.78 is 0. The van der Waals surface area contributed by atoms with Crippen molar-refractivity contribution in [1.29, 1.82) is 5.26 Å². The van der Waals surface area contributed by atoms with Gasteiger partial charge in [-0.3, -0.25) is 4.79 Å². The molecular weight excluding hydrogens is 228 g/mol. The van der Waals surface area contributed by atoms with E-state index < -0.39 is 6.10 Å². The van der Waals surface area contributed by atoms with E-state index in [2.05, 4.69) is 5.32 Å². The summed E-state index contributed by atoms with van der Waals surface area (Å²) in [5.41, 5.74) is 1.05. The molecule has 0 aliphatic heterocycles. The van der Waals surface area contributed by atoms with Crippen LogP contribution in [0.3, 0.4) is 0 Å². The second kappa shape index (κ2) is 5.65. The second-order valence-electron chi connectivity index (χ2n) is 4.62. The molecule has 0 aromatic heterocycles. The van der Waals surface area contributed by atoms with Crippen LogP contribution in [0, 0.1) is 11.3 Å². The zero-order chi connectivity index (χ0) is 13.0. The molecule has 0 spiro atoms. The quantitative estimate of drug-likeness (QED) is 0.829. The van der Waals surface area contributed by atoms with Gasteiger partial charge in [-0.1, -0.05) is 12.8 Å². The highest BCUT2D eigenvalue weighted by molar-refractivity contribution is 5.94. The molecule has 1 saturated carbocycles. The lowest BCUT2D eigenvalue weighted by Gasteiger charge is -2.28. The van der Waals surface area contributed by atoms with Gasteiger partial charge in [0, 0.05) is 5.56 Å². The van der Waals surface area contributed by atoms with Gasteiger partial charge in [-0.15, -0.1) is 0 Å². The Labute approximate surface area is 106 Å². The number of carbonyl (C=O) groups excluding carboxylic acids is 1. The molecular formula is C14H16N2O2. The maximum absolute atomic E-state index is 12.0. The predicted octanol–water partition coefficient (Wildman–Crippen LogP) is 1.59. The van der Waals surface area contributed by atoms with Crippen LogP contribution in [0.2, 0.25) is 0 Å². The highest BCUT2D eigenvalue weighted by Gasteiger charge is 2.24. The Bertz CT molecular complexity index is 462. The molecule has 1 aromatic carbocycles. The van der Waals surface area contributed by atoms with Gasteiger partial charge in [0.2, 0.25) is 0 Å². The molecule has 4 heteroatoms. The molecule has 94 valence electrons. The molecule has 1 aromatic rings. The fraction of sp³-hybridized carbons (Fsp3) is 0.429. The molecule has 0 bridgehead atoms. The number of rotatable bonds is 2. The standard InChI is InChI=1S/C14H16N2O2/c15-9-10-5-7-11(8-6-10)14(18)16-12-3-1-2-4-13(12)17/h5-8,12-13,17H,1-4H2,(H,16,18)/t12-,13-/m0/s1. The minimum absolute atomic E-state index is 0.151. The summed E-state index contributed by atoms with van der Waals surface area (Å²) in [6, 6.07) is 8.35. The maximum atomic E-state index is 12.0. The van der Waals surface area contributed by atoms with Gasteiger partial charge in [-0.25, -0.2) is 0 Å². The lowest BCUT2D eigenvalue weighted by atomic mass is 9.92. The normalized spacial score (nSPS) is 23.1. The van der Waals surface area contributed by atoms with E-state index in [9.17, 15) is 9.90 Å². The highest BCUT2D eigenvalue weighted by atomic mass is 16.3. The molecule has 1 fully saturated rings. The first kappa shape index (κ1) is 12.6. The molecule has 1 amide bonds. The van der Waals surface area contributed by atoms with Crippen LogP contribution in [0.4, 0.5) is 0 Å². The van der Waals surface area contributed by atoms with Crippen molar-refractivity contribution >= 4 is 5.91 Å². The average molecular weight is 244 g/mol. The van der Waals surface area contributed by atoms with E-state index in [1.54, 1.807) is 24.3 Å². The average Bonchev–Trinajstić information content (AvgIpc) is 2.41. The number of amides is 1. The first-order valence-electron chi connectivity index (χ1n) is 6.20. The number of nitrogens with zero attached hydrogens (tertiary/aromatic N) is 1. The Hall–Kier alpha value is -1.86. The number of hydrogen-bond acceptors (Lipinski definition) is 3. The fourth-order valence-corrected chi connectivity index (χ4v) is 2.23. The Morgan fingerprint density at radius 2 is 1.94 bits per heavy atom. The van der Waals surface area contributed by atoms with Gasteiger partial charge >= 0.3 is 0 Å². The van der Waals surface area contributed by atoms with Crippen LogP contribution in [0.25, 0.3) is 0 Å². The molecule has 4 nitrogen and oxygen atoms in total. The second-order valence-corrected chi connectivity index (χ2v) is 4.62. The van der Waals surface area contributed by atoms with Crippen LogP contribution < -0.4 is 5.32 Å². The lowest BCUT2D eigenvalue weighted by Crippen LogP contribution is -2.45. The van der Waals surface area contributed by atoms with E-state index in [0.717, 1.165) is 25.7 Å². The number of hydrogen-bond donors (Lipinski definition) is 2. The van der Waals surface area contributed by atoms with Crippen molar-refractivity contribution in [2.45, 2.75) is 37.8 Å². The van der Waals surface area contributed by atoms with E-state index in [0.29, 0.717) is 11.1 Å². The van der Waals surface area contributed by atoms with Crippen LogP contribution in [-0.2, 0) is 0 Å². The van der Waals surface area contributed by atoms with E-state index in [1.807, 2.05) is 6.07 Å². The smallest absolute Gasteiger partial charge is 0.251 e. The van der Waals surface area contributed by atoms with Crippen molar-refractivity contribution in [3.63, 3.8) is 0 Å². The van der Waals surface area contributed by atoms with Crippen LogP contribution in [0.1, 0.15) is 41.6 Å². The molecule has 1 aliphatic rings. The van der Waals surface area contributed by atoms with Gasteiger partial charge < -0.3 is 10.4 Å². The van der Waals surface area contributed by atoms with Gasteiger partial charge in [0.05, 0.1) is 23.8 Å². The molecule has 0 saturated heterocycles. The molecule has 0 heterocycles. The number of carbonyl (C=O) groups is 1. The molecule has 2 N–H and O–H groups in total. The minimum atomic E-state index is -0.443. The fourth-order valence-electron chi connectivity index (χ4n) is 2.23. The number of nitriles is 1. The highest BCUT2D eigenvalue weighted by Crippen LogP contribution is 2.18. The zero-order valence-electron chi connectivity index (χ0n) is 10.1. The van der Waals surface area contributed by atoms with Crippen LogP contribution >= 0.6 is 0 Å². The molecule has 1 aliphatic carbocycles. The van der Waals surface area contributed by atoms with Crippen molar-refractivity contribution < 1.29 is 9.90 Å². The summed E-state index contributed by atoms with van der Waals surface area (Å²) in [6.07, 6.45) is 3.18. The monoisotopic (exact) mass is 244 g/mol. The Morgan fingerprint density at radius 3 is 2.56 bits per heavy atom. The van der Waals surface area contributed by atoms with Crippen LogP contribution in [-0.4, -0.2) is 23.2 Å². The minimum Gasteiger partial charge on any atom is -0.391 e. The van der Waals surface area contributed by atoms with Gasteiger partial charge in [0.1, 0.15) is 0 Å². The van der Waals surface area contributed by atoms with E-state index >= 15 is 0 Å². The van der Waals surface area contributed by atoms with Crippen molar-refractivity contribution in [1.82, 2.24) is 5.32 Å². The number of benzene rings is 1. The zero-order valence-corrected chi connectivity index (χ0v) is 10.1. The predicted molar refractivity (Wildman–Crippen MR) is 66.9 cm³/mol. The van der Waals surface area contributed by atoms with Gasteiger partial charge in [0.25, 0.3) is 5.91 Å². The van der Waals surface area contributed by atoms with Crippen molar-refractivity contribution in [3.8, 4) is 6.07 Å². The first-order valence-corrected chi connectivity index (χ1v) is 6.20. The molecule has 2 rings (SSSR count). The number of aliphatic hydroxyl groups excluding tert-OH is 1. The summed E-state index contributed by atoms with van der Waals surface area (Å²) in [5, 5.41) is 21.3. The van der Waals surface area contributed by atoms with E-state index in [4.69, 9.17) is 5.26 Å². The molecule has 0 unspecified atom stereocenters. The SMILES string of the molecule is N#Cc1ccc(C(=O)N[C@H]2CCCC[C@@H]2O)cc1. The summed E-state index contributed by atoms with van der Waals surface area (Å²) >= 11 is 0. The van der Waals surface area contributed by atoms with Gasteiger partial charge in [0.15, 0.2) is 0 Å². The van der Waals surface area contributed by atoms with Crippen molar-refractivity contribution in [2.24, 2.45) is 0 Å². The number of aliphatic hydroxyl groups is 1. The van der Waals surface area contributed by atoms with Crippen LogP contribution in [0.5, 0.6) is 0 Å². The molecule has 0 radical (unpaired) electrons. The third-order valence-electron chi connectivity index (χ3n) is 3.32. The van der Waals surface area contributed by atoms with Gasteiger partial charge in [-0.05, 0) is 37.1 Å². The summed E-state index contributed by atoms with van der Waals surface area (Å²) in [7, 11) is 0. The third-order valence-corrected chi connectivity index (χ3v) is 3.32. The van der Waals surface area contributed by atoms with Crippen LogP contribution in [0.15, 0.2) is 24.3 Å². The first-order chi connectivity index (χ1) is 8.70. The van der Waals surface area contributed by atoms with Gasteiger partial charge in [-0.2, -0.15) is 5.26 Å². The molecule has 2 atom stereocenters. The van der Waals surface area contributed by atoms with Crippen molar-refractivity contribution in [2.75, 3.05) is 0 Å². The maximum Gasteiger partial charge on any atom is 0.251 e. The topological polar surface area (TPSA) is 73.1 Å². The Balaban J connectivity index is 2.00. The summed E-state index contributed by atoms with van der Waals surface area (Å²) in [5.74, 6) is -0.189.